The first kappa shape index (κ1) is 50.4. The van der Waals surface area contributed by atoms with Crippen molar-refractivity contribution in [2.45, 2.75) is 202 Å². The molecule has 4 heterocycles. The minimum absolute atomic E-state index is 0.0148. The summed E-state index contributed by atoms with van der Waals surface area (Å²) in [5.41, 5.74) is 0.421. The van der Waals surface area contributed by atoms with Crippen LogP contribution in [0.3, 0.4) is 0 Å². The number of methoxy groups -OCH3 is 1. The normalized spacial score (nSPS) is 54.8. The summed E-state index contributed by atoms with van der Waals surface area (Å²) >= 11 is 0. The third-order valence-corrected chi connectivity index (χ3v) is 17.8. The molecule has 11 N–H and O–H groups in total. The molecule has 4 aliphatic carbocycles. The number of hydrogen-bond acceptors (Lipinski definition) is 19. The van der Waals surface area contributed by atoms with E-state index in [2.05, 4.69) is 26.8 Å². The van der Waals surface area contributed by atoms with Crippen molar-refractivity contribution < 1.29 is 94.1 Å². The lowest BCUT2D eigenvalue weighted by atomic mass is 9.46. The summed E-state index contributed by atoms with van der Waals surface area (Å²) in [7, 11) is 1.70. The summed E-state index contributed by atoms with van der Waals surface area (Å²) in [6.45, 7) is 9.34. The summed E-state index contributed by atoms with van der Waals surface area (Å²) in [4.78, 5) is 0. The van der Waals surface area contributed by atoms with E-state index in [-0.39, 0.29) is 54.1 Å². The average molecular weight is 933 g/mol. The first-order valence-electron chi connectivity index (χ1n) is 23.9. The number of aliphatic hydroxyl groups is 11. The van der Waals surface area contributed by atoms with Crippen LogP contribution in [-0.2, 0) is 37.9 Å². The molecule has 0 aromatic heterocycles. The van der Waals surface area contributed by atoms with Gasteiger partial charge in [-0.25, -0.2) is 0 Å². The van der Waals surface area contributed by atoms with Crippen LogP contribution in [0.4, 0.5) is 0 Å². The van der Waals surface area contributed by atoms with Gasteiger partial charge in [0, 0.05) is 31.3 Å². The van der Waals surface area contributed by atoms with Crippen LogP contribution in [0.1, 0.15) is 86.0 Å². The van der Waals surface area contributed by atoms with Crippen molar-refractivity contribution in [3.05, 3.63) is 11.6 Å². The molecular weight excluding hydrogens is 856 g/mol. The molecule has 3 saturated carbocycles. The highest BCUT2D eigenvalue weighted by Crippen LogP contribution is 2.70. The molecular formula is C46H76O19. The van der Waals surface area contributed by atoms with Gasteiger partial charge in [-0.2, -0.15) is 0 Å². The lowest BCUT2D eigenvalue weighted by Gasteiger charge is -2.60. The van der Waals surface area contributed by atoms with E-state index in [4.69, 9.17) is 37.9 Å². The quantitative estimate of drug-likeness (QED) is 0.0967. The molecule has 374 valence electrons. The fraction of sp³-hybridized carbons (Fsp3) is 0.957. The number of allylic oxidation sites excluding steroid dienone is 1. The Bertz CT molecular complexity index is 1660. The second kappa shape index (κ2) is 19.3. The van der Waals surface area contributed by atoms with E-state index in [1.807, 2.05) is 6.92 Å². The van der Waals surface area contributed by atoms with Crippen molar-refractivity contribution >= 4 is 0 Å². The van der Waals surface area contributed by atoms with Crippen molar-refractivity contribution in [2.75, 3.05) is 26.9 Å². The summed E-state index contributed by atoms with van der Waals surface area (Å²) in [5.74, 6) is 0.0981. The van der Waals surface area contributed by atoms with E-state index in [1.54, 1.807) is 7.11 Å². The molecule has 8 aliphatic rings. The van der Waals surface area contributed by atoms with Gasteiger partial charge in [0.1, 0.15) is 67.1 Å². The zero-order chi connectivity index (χ0) is 47.1. The van der Waals surface area contributed by atoms with Gasteiger partial charge in [0.15, 0.2) is 24.7 Å². The number of aliphatic hydroxyl groups excluding tert-OH is 11. The van der Waals surface area contributed by atoms with Gasteiger partial charge in [0.05, 0.1) is 44.2 Å². The molecule has 19 heteroatoms. The van der Waals surface area contributed by atoms with Gasteiger partial charge in [-0.05, 0) is 80.5 Å². The molecule has 0 radical (unpaired) electrons. The van der Waals surface area contributed by atoms with Crippen LogP contribution in [-0.4, -0.2) is 199 Å². The maximum Gasteiger partial charge on any atom is 0.187 e. The van der Waals surface area contributed by atoms with Gasteiger partial charge in [0.25, 0.3) is 0 Å². The van der Waals surface area contributed by atoms with Crippen LogP contribution in [0.2, 0.25) is 0 Å². The van der Waals surface area contributed by atoms with Gasteiger partial charge in [-0.1, -0.05) is 39.3 Å². The van der Waals surface area contributed by atoms with E-state index >= 15 is 0 Å². The van der Waals surface area contributed by atoms with Gasteiger partial charge in [0.2, 0.25) is 0 Å². The first-order chi connectivity index (χ1) is 30.7. The van der Waals surface area contributed by atoms with Crippen LogP contribution in [0.25, 0.3) is 0 Å². The molecule has 8 rings (SSSR count). The lowest BCUT2D eigenvalue weighted by Crippen LogP contribution is -2.65. The van der Waals surface area contributed by atoms with E-state index in [0.717, 1.165) is 31.3 Å². The Kier molecular flexibility index (Phi) is 15.0. The zero-order valence-corrected chi connectivity index (χ0v) is 38.4. The van der Waals surface area contributed by atoms with E-state index in [1.165, 1.54) is 6.92 Å². The van der Waals surface area contributed by atoms with Crippen LogP contribution < -0.4 is 0 Å². The molecule has 19 nitrogen and oxygen atoms in total. The minimum atomic E-state index is -1.70. The standard InChI is InChI=1S/C46H76O19/c1-19(18-59-41-38(56)36(54)33(51)28(16-47)61-41)9-12-46(58-6)20(2)31-27(65-46)15-26-24-8-7-22-13-23(49)14-30(45(22,5)25(24)10-11-44(26,31)4)63-43-40(37(55)34(52)29(17-48)62-43)64-42-39(57)35(53)32(50)21(3)60-42/h7,19-21,23-43,47-57H,8-18H2,1-6H3/t19-,20+,21+,23-,24-,25+,26+,27+,28-,29-,30-,31+,32+,33-,34-,35-,36+,37+,38-,39-,40-,41-,42+,43+,44+,45+,46-/m1/s1. The molecule has 65 heavy (non-hydrogen) atoms. The number of hydrogen-bond donors (Lipinski definition) is 11. The van der Waals surface area contributed by atoms with Crippen LogP contribution in [0, 0.1) is 46.3 Å². The molecule has 0 bridgehead atoms. The fourth-order valence-corrected chi connectivity index (χ4v) is 13.9. The fourth-order valence-electron chi connectivity index (χ4n) is 13.9. The SMILES string of the molecule is CO[C@]1(CC[C@@H](C)CO[C@@H]2O[C@H](CO)[C@@H](O)[C@H](O)[C@H]2O)O[C@H]2C[C@H]3[C@@H]4CC=C5C[C@@H](O)C[C@@H](O[C@@H]6O[C@H](CO)[C@@H](O)[C@H](O)[C@H]6O[C@@H]6O[C@@H](C)[C@H](O)[C@@H](O)[C@H]6O)[C@]5(C)[C@H]4CC[C@]3(C)[C@H]2[C@@H]1C. The molecule has 4 aliphatic heterocycles. The van der Waals surface area contributed by atoms with E-state index in [0.29, 0.717) is 25.2 Å². The molecule has 0 unspecified atom stereocenters. The van der Waals surface area contributed by atoms with Crippen molar-refractivity contribution in [2.24, 2.45) is 46.3 Å². The monoisotopic (exact) mass is 932 g/mol. The highest BCUT2D eigenvalue weighted by atomic mass is 16.8. The summed E-state index contributed by atoms with van der Waals surface area (Å²) in [6.07, 6.45) is -15.0. The Hall–Kier alpha value is -1.02. The smallest absolute Gasteiger partial charge is 0.187 e. The first-order valence-corrected chi connectivity index (χ1v) is 23.9. The largest absolute Gasteiger partial charge is 0.394 e. The molecule has 0 aromatic carbocycles. The Labute approximate surface area is 380 Å². The van der Waals surface area contributed by atoms with Gasteiger partial charge in [-0.3, -0.25) is 0 Å². The summed E-state index contributed by atoms with van der Waals surface area (Å²) in [6, 6.07) is 0. The number of rotatable bonds is 13. The van der Waals surface area contributed by atoms with Crippen molar-refractivity contribution in [1.29, 1.82) is 0 Å². The Morgan fingerprint density at radius 2 is 1.40 bits per heavy atom. The second-order valence-corrected chi connectivity index (χ2v) is 21.3. The Morgan fingerprint density at radius 3 is 2.08 bits per heavy atom. The highest BCUT2D eigenvalue weighted by Gasteiger charge is 2.69. The third kappa shape index (κ3) is 8.60. The molecule has 27 atom stereocenters. The third-order valence-electron chi connectivity index (χ3n) is 17.8. The predicted molar refractivity (Wildman–Crippen MR) is 224 cm³/mol. The predicted octanol–water partition coefficient (Wildman–Crippen LogP) is -1.21. The number of fused-ring (bicyclic) bond motifs is 7. The average Bonchev–Trinajstić information content (AvgIpc) is 3.74. The topological polar surface area (TPSA) is 296 Å². The van der Waals surface area contributed by atoms with Crippen LogP contribution in [0.15, 0.2) is 11.6 Å². The van der Waals surface area contributed by atoms with Crippen LogP contribution in [0.5, 0.6) is 0 Å². The van der Waals surface area contributed by atoms with Crippen molar-refractivity contribution in [1.82, 2.24) is 0 Å². The lowest BCUT2D eigenvalue weighted by molar-refractivity contribution is -0.374. The van der Waals surface area contributed by atoms with Crippen molar-refractivity contribution in [3.63, 3.8) is 0 Å². The maximum atomic E-state index is 11.4. The molecule has 4 saturated heterocycles. The van der Waals surface area contributed by atoms with E-state index < -0.39 is 129 Å². The second-order valence-electron chi connectivity index (χ2n) is 21.3. The molecule has 0 amide bonds. The maximum absolute atomic E-state index is 11.4. The van der Waals surface area contributed by atoms with Gasteiger partial charge < -0.3 is 94.1 Å². The highest BCUT2D eigenvalue weighted by molar-refractivity contribution is 5.29. The van der Waals surface area contributed by atoms with E-state index in [9.17, 15) is 56.2 Å². The van der Waals surface area contributed by atoms with Gasteiger partial charge in [-0.15, -0.1) is 0 Å². The zero-order valence-electron chi connectivity index (χ0n) is 38.4. The number of ether oxygens (including phenoxy) is 8. The minimum Gasteiger partial charge on any atom is -0.394 e. The van der Waals surface area contributed by atoms with Crippen LogP contribution >= 0.6 is 0 Å². The van der Waals surface area contributed by atoms with Crippen molar-refractivity contribution in [3.8, 4) is 0 Å². The Morgan fingerprint density at radius 1 is 0.754 bits per heavy atom. The molecule has 0 spiro atoms. The Balaban J connectivity index is 0.963. The van der Waals surface area contributed by atoms with Gasteiger partial charge >= 0.3 is 0 Å². The molecule has 7 fully saturated rings. The summed E-state index contributed by atoms with van der Waals surface area (Å²) in [5, 5.41) is 116. The molecule has 0 aromatic rings. The summed E-state index contributed by atoms with van der Waals surface area (Å²) < 4.78 is 49.5.